The number of Topliss-reactive ketones (excluding diaryl/α,β-unsaturated/α-hetero) is 1. The van der Waals surface area contributed by atoms with Crippen molar-refractivity contribution in [2.24, 2.45) is 23.7 Å². The zero-order valence-corrected chi connectivity index (χ0v) is 24.0. The number of thioether (sulfide) groups is 1. The van der Waals surface area contributed by atoms with Gasteiger partial charge in [0.25, 0.3) is 0 Å². The maximum Gasteiger partial charge on any atom is 0.309 e. The molecule has 1 fully saturated rings. The molecule has 0 N–H and O–H groups in total. The van der Waals surface area contributed by atoms with Crippen LogP contribution in [-0.4, -0.2) is 51.1 Å². The molecule has 1 saturated heterocycles. The molecule has 0 aromatic carbocycles. The number of ether oxygens (including phenoxy) is 1. The van der Waals surface area contributed by atoms with Gasteiger partial charge in [0.1, 0.15) is 5.78 Å². The summed E-state index contributed by atoms with van der Waals surface area (Å²) in [5.41, 5.74) is 0. The minimum atomic E-state index is -0.148. The summed E-state index contributed by atoms with van der Waals surface area (Å²) in [7, 11) is 0. The van der Waals surface area contributed by atoms with Gasteiger partial charge < -0.3 is 4.74 Å². The van der Waals surface area contributed by atoms with Gasteiger partial charge in [-0.1, -0.05) is 62.3 Å². The summed E-state index contributed by atoms with van der Waals surface area (Å²) in [4.78, 5) is 46.7. The van der Waals surface area contributed by atoms with Crippen LogP contribution in [0.15, 0.2) is 0 Å². The van der Waals surface area contributed by atoms with Gasteiger partial charge in [0.2, 0.25) is 11.8 Å². The molecule has 0 radical (unpaired) electrons. The molecule has 0 aliphatic carbocycles. The van der Waals surface area contributed by atoms with Crippen LogP contribution in [0.25, 0.3) is 0 Å². The van der Waals surface area contributed by atoms with Crippen molar-refractivity contribution < 1.29 is 23.9 Å². The molecule has 0 spiro atoms. The first-order valence-corrected chi connectivity index (χ1v) is 13.1. The Bertz CT molecular complexity index is 616. The summed E-state index contributed by atoms with van der Waals surface area (Å²) in [6.45, 7) is 25.2. The van der Waals surface area contributed by atoms with Gasteiger partial charge in [0.15, 0.2) is 0 Å². The lowest BCUT2D eigenvalue weighted by Crippen LogP contribution is -2.37. The maximum atomic E-state index is 11.8. The molecule has 2 unspecified atom stereocenters. The van der Waals surface area contributed by atoms with Crippen molar-refractivity contribution in [1.29, 1.82) is 0 Å². The highest BCUT2D eigenvalue weighted by atomic mass is 32.2. The third-order valence-corrected chi connectivity index (χ3v) is 6.20. The fourth-order valence-electron chi connectivity index (χ4n) is 2.88. The van der Waals surface area contributed by atoms with Crippen LogP contribution in [0.1, 0.15) is 96.4 Å². The minimum Gasteiger partial charge on any atom is -0.463 e. The van der Waals surface area contributed by atoms with Crippen LogP contribution >= 0.6 is 11.8 Å². The third-order valence-electron chi connectivity index (χ3n) is 4.96. The van der Waals surface area contributed by atoms with Crippen molar-refractivity contribution in [1.82, 2.24) is 4.90 Å². The maximum absolute atomic E-state index is 11.8. The predicted molar refractivity (Wildman–Crippen MR) is 138 cm³/mol. The molecule has 0 saturated carbocycles. The normalized spacial score (nSPS) is 16.9. The largest absolute Gasteiger partial charge is 0.463 e. The number of nitrogens with zero attached hydrogens (tertiary/aromatic N) is 1. The molecule has 1 aliphatic rings. The zero-order valence-electron chi connectivity index (χ0n) is 23.2. The SMILES string of the molecule is CC(C)C(=O)C(C)C.CC(C)OC(=O)C(C)C(C)C.CC(C)SC1CC(=O)N(C(C)C)C1=O. The number of hydrogen-bond acceptors (Lipinski definition) is 6. The molecule has 194 valence electrons. The lowest BCUT2D eigenvalue weighted by molar-refractivity contribution is -0.153. The second-order valence-corrected chi connectivity index (χ2v) is 12.1. The Kier molecular flexibility index (Phi) is 16.7. The highest BCUT2D eigenvalue weighted by Crippen LogP contribution is 2.29. The average Bonchev–Trinajstić information content (AvgIpc) is 2.93. The molecule has 33 heavy (non-hydrogen) atoms. The van der Waals surface area contributed by atoms with E-state index >= 15 is 0 Å². The van der Waals surface area contributed by atoms with E-state index in [9.17, 15) is 19.2 Å². The molecule has 6 nitrogen and oxygen atoms in total. The van der Waals surface area contributed by atoms with Gasteiger partial charge >= 0.3 is 5.97 Å². The van der Waals surface area contributed by atoms with Gasteiger partial charge in [0, 0.05) is 24.3 Å². The Morgan fingerprint density at radius 3 is 1.55 bits per heavy atom. The topological polar surface area (TPSA) is 80.8 Å². The van der Waals surface area contributed by atoms with Gasteiger partial charge in [-0.15, -0.1) is 11.8 Å². The summed E-state index contributed by atoms with van der Waals surface area (Å²) in [5.74, 6) is 1.01. The van der Waals surface area contributed by atoms with Crippen LogP contribution in [0.5, 0.6) is 0 Å². The molecular weight excluding hydrogens is 438 g/mol. The van der Waals surface area contributed by atoms with Crippen LogP contribution in [0, 0.1) is 23.7 Å². The van der Waals surface area contributed by atoms with Gasteiger partial charge in [0.05, 0.1) is 17.3 Å². The quantitative estimate of drug-likeness (QED) is 0.320. The second-order valence-electron chi connectivity index (χ2n) is 10.3. The monoisotopic (exact) mass is 487 g/mol. The van der Waals surface area contributed by atoms with E-state index in [0.29, 0.717) is 23.4 Å². The zero-order chi connectivity index (χ0) is 26.6. The number of rotatable bonds is 8. The van der Waals surface area contributed by atoms with Crippen molar-refractivity contribution in [2.45, 2.75) is 119 Å². The first kappa shape index (κ1) is 33.8. The fourth-order valence-corrected chi connectivity index (χ4v) is 4.00. The molecule has 0 aromatic heterocycles. The molecule has 7 heteroatoms. The lowest BCUT2D eigenvalue weighted by atomic mass is 9.98. The number of amides is 2. The summed E-state index contributed by atoms with van der Waals surface area (Å²) in [6.07, 6.45) is 0.378. The van der Waals surface area contributed by atoms with Crippen molar-refractivity contribution in [3.05, 3.63) is 0 Å². The van der Waals surface area contributed by atoms with Gasteiger partial charge in [-0.05, 0) is 38.9 Å². The number of hydrogen-bond donors (Lipinski definition) is 0. The number of carbonyl (C=O) groups excluding carboxylic acids is 4. The number of likely N-dealkylation sites (tertiary alicyclic amines) is 1. The van der Waals surface area contributed by atoms with Crippen molar-refractivity contribution in [3.8, 4) is 0 Å². The lowest BCUT2D eigenvalue weighted by Gasteiger charge is -2.19. The number of esters is 1. The molecule has 1 rings (SSSR count). The number of ketones is 1. The Hall–Kier alpha value is -1.37. The van der Waals surface area contributed by atoms with Gasteiger partial charge in [-0.25, -0.2) is 0 Å². The highest BCUT2D eigenvalue weighted by molar-refractivity contribution is 8.01. The van der Waals surface area contributed by atoms with E-state index in [4.69, 9.17) is 4.74 Å². The first-order valence-electron chi connectivity index (χ1n) is 12.2. The molecular formula is C26H49NO5S. The van der Waals surface area contributed by atoms with Crippen LogP contribution in [0.2, 0.25) is 0 Å². The van der Waals surface area contributed by atoms with E-state index < -0.39 is 0 Å². The highest BCUT2D eigenvalue weighted by Gasteiger charge is 2.40. The summed E-state index contributed by atoms with van der Waals surface area (Å²) in [6, 6.07) is -0.00670. The van der Waals surface area contributed by atoms with E-state index in [0.717, 1.165) is 0 Å². The van der Waals surface area contributed by atoms with E-state index in [1.807, 2.05) is 90.0 Å². The number of imide groups is 1. The van der Waals surface area contributed by atoms with Crippen molar-refractivity contribution >= 4 is 35.3 Å². The summed E-state index contributed by atoms with van der Waals surface area (Å²) >= 11 is 1.58. The van der Waals surface area contributed by atoms with Crippen LogP contribution in [0.4, 0.5) is 0 Å². The first-order chi connectivity index (χ1) is 14.9. The second kappa shape index (κ2) is 16.3. The molecule has 0 aromatic rings. The predicted octanol–water partition coefficient (Wildman–Crippen LogP) is 5.76. The molecule has 0 bridgehead atoms. The summed E-state index contributed by atoms with van der Waals surface area (Å²) < 4.78 is 5.03. The average molecular weight is 488 g/mol. The van der Waals surface area contributed by atoms with E-state index in [1.54, 1.807) is 11.8 Å². The molecule has 2 atom stereocenters. The Morgan fingerprint density at radius 1 is 0.848 bits per heavy atom. The Labute approximate surface area is 207 Å². The van der Waals surface area contributed by atoms with Crippen LogP contribution < -0.4 is 0 Å². The Balaban J connectivity index is 0. The Morgan fingerprint density at radius 2 is 1.30 bits per heavy atom. The van der Waals surface area contributed by atoms with Crippen molar-refractivity contribution in [3.63, 3.8) is 0 Å². The van der Waals surface area contributed by atoms with Crippen molar-refractivity contribution in [2.75, 3.05) is 0 Å². The van der Waals surface area contributed by atoms with E-state index in [1.165, 1.54) is 4.90 Å². The number of carbonyl (C=O) groups is 4. The van der Waals surface area contributed by atoms with Crippen LogP contribution in [-0.2, 0) is 23.9 Å². The molecule has 1 heterocycles. The fraction of sp³-hybridized carbons (Fsp3) is 0.846. The van der Waals surface area contributed by atoms with Crippen LogP contribution in [0.3, 0.4) is 0 Å². The molecule has 1 aliphatic heterocycles. The standard InChI is InChI=1S/C10H17NO2S.C9H18O2.C7H14O/c1-6(2)11-9(12)5-8(10(11)13)14-7(3)4;1-6(2)8(5)9(10)11-7(3)4;1-5(2)7(8)6(3)4/h6-8H,5H2,1-4H3;6-8H,1-5H3;5-6H,1-4H3. The van der Waals surface area contributed by atoms with E-state index in [2.05, 4.69) is 0 Å². The van der Waals surface area contributed by atoms with E-state index in [-0.39, 0.29) is 52.9 Å². The van der Waals surface area contributed by atoms with Gasteiger partial charge in [-0.2, -0.15) is 0 Å². The third kappa shape index (κ3) is 13.8. The summed E-state index contributed by atoms with van der Waals surface area (Å²) in [5, 5.41) is 0.244. The van der Waals surface area contributed by atoms with Gasteiger partial charge in [-0.3, -0.25) is 24.1 Å². The minimum absolute atomic E-state index is 0.00343. The smallest absolute Gasteiger partial charge is 0.309 e. The molecule has 2 amide bonds.